The van der Waals surface area contributed by atoms with Crippen LogP contribution in [0.25, 0.3) is 0 Å². The third-order valence-corrected chi connectivity index (χ3v) is 4.05. The van der Waals surface area contributed by atoms with Crippen molar-refractivity contribution in [1.82, 2.24) is 4.72 Å². The first kappa shape index (κ1) is 14.7. The third-order valence-electron chi connectivity index (χ3n) is 2.50. The molecular formula is C11H17NO5S. The molecule has 0 aromatic carbocycles. The van der Waals surface area contributed by atoms with Gasteiger partial charge in [-0.1, -0.05) is 13.8 Å². The van der Waals surface area contributed by atoms with E-state index in [0.29, 0.717) is 5.76 Å². The monoisotopic (exact) mass is 275 g/mol. The number of hydrogen-bond donors (Lipinski definition) is 2. The summed E-state index contributed by atoms with van der Waals surface area (Å²) < 4.78 is 31.4. The number of nitrogens with one attached hydrogen (secondary N) is 1. The molecule has 1 atom stereocenters. The molecule has 0 saturated heterocycles. The summed E-state index contributed by atoms with van der Waals surface area (Å²) in [6, 6.07) is 0.210. The number of rotatable bonds is 5. The molecule has 0 radical (unpaired) electrons. The van der Waals surface area contributed by atoms with Crippen LogP contribution >= 0.6 is 0 Å². The highest BCUT2D eigenvalue weighted by Crippen LogP contribution is 2.20. The van der Waals surface area contributed by atoms with E-state index in [-0.39, 0.29) is 16.6 Å². The molecule has 1 aromatic rings. The van der Waals surface area contributed by atoms with Crippen LogP contribution in [0.15, 0.2) is 15.4 Å². The van der Waals surface area contributed by atoms with Crippen molar-refractivity contribution in [3.8, 4) is 0 Å². The molecule has 7 heteroatoms. The van der Waals surface area contributed by atoms with Crippen molar-refractivity contribution < 1.29 is 22.7 Å². The van der Waals surface area contributed by atoms with Crippen molar-refractivity contribution in [3.63, 3.8) is 0 Å². The summed E-state index contributed by atoms with van der Waals surface area (Å²) >= 11 is 0. The maximum Gasteiger partial charge on any atom is 0.322 e. The highest BCUT2D eigenvalue weighted by Gasteiger charge is 2.30. The van der Waals surface area contributed by atoms with Crippen molar-refractivity contribution in [2.75, 3.05) is 0 Å². The van der Waals surface area contributed by atoms with Gasteiger partial charge in [-0.3, -0.25) is 4.79 Å². The van der Waals surface area contributed by atoms with E-state index >= 15 is 0 Å². The van der Waals surface area contributed by atoms with Crippen LogP contribution in [0, 0.1) is 19.8 Å². The van der Waals surface area contributed by atoms with E-state index in [4.69, 9.17) is 9.52 Å². The van der Waals surface area contributed by atoms with Gasteiger partial charge in [-0.25, -0.2) is 8.42 Å². The van der Waals surface area contributed by atoms with Gasteiger partial charge in [0.05, 0.1) is 0 Å². The Morgan fingerprint density at radius 1 is 1.39 bits per heavy atom. The molecular weight excluding hydrogens is 258 g/mol. The molecule has 102 valence electrons. The molecule has 0 saturated carbocycles. The number of aryl methyl sites for hydroxylation is 2. The van der Waals surface area contributed by atoms with Crippen LogP contribution in [-0.2, 0) is 14.8 Å². The number of aliphatic carboxylic acids is 1. The number of sulfonamides is 1. The number of carbonyl (C=O) groups is 1. The molecule has 0 unspecified atom stereocenters. The SMILES string of the molecule is Cc1cc(S(=O)(=O)N[C@@H](C(=O)O)C(C)C)c(C)o1. The second kappa shape index (κ2) is 5.11. The average molecular weight is 275 g/mol. The van der Waals surface area contributed by atoms with E-state index in [0.717, 1.165) is 0 Å². The summed E-state index contributed by atoms with van der Waals surface area (Å²) in [5, 5.41) is 8.98. The first-order valence-electron chi connectivity index (χ1n) is 5.47. The summed E-state index contributed by atoms with van der Waals surface area (Å²) in [4.78, 5) is 11.0. The molecule has 0 amide bonds. The maximum atomic E-state index is 12.1. The quantitative estimate of drug-likeness (QED) is 0.843. The lowest BCUT2D eigenvalue weighted by molar-refractivity contribution is -0.140. The zero-order valence-electron chi connectivity index (χ0n) is 10.7. The molecule has 1 rings (SSSR count). The summed E-state index contributed by atoms with van der Waals surface area (Å²) in [7, 11) is -3.88. The zero-order chi connectivity index (χ0) is 14.1. The molecule has 0 bridgehead atoms. The standard InChI is InChI=1S/C11H17NO5S/c1-6(2)10(11(13)14)12-18(15,16)9-5-7(3)17-8(9)4/h5-6,10,12H,1-4H3,(H,13,14)/t10-/m1/s1. The predicted octanol–water partition coefficient (Wildman–Crippen LogP) is 1.28. The van der Waals surface area contributed by atoms with E-state index in [2.05, 4.69) is 4.72 Å². The third kappa shape index (κ3) is 3.11. The van der Waals surface area contributed by atoms with Crippen LogP contribution in [-0.4, -0.2) is 25.5 Å². The second-order valence-electron chi connectivity index (χ2n) is 4.46. The first-order valence-corrected chi connectivity index (χ1v) is 6.95. The van der Waals surface area contributed by atoms with Crippen LogP contribution in [0.1, 0.15) is 25.4 Å². The van der Waals surface area contributed by atoms with Crippen molar-refractivity contribution in [2.24, 2.45) is 5.92 Å². The minimum Gasteiger partial charge on any atom is -0.480 e. The molecule has 6 nitrogen and oxygen atoms in total. The smallest absolute Gasteiger partial charge is 0.322 e. The van der Waals surface area contributed by atoms with Crippen LogP contribution in [0.5, 0.6) is 0 Å². The Bertz CT molecular complexity index is 544. The van der Waals surface area contributed by atoms with E-state index < -0.39 is 22.0 Å². The summed E-state index contributed by atoms with van der Waals surface area (Å²) in [5.41, 5.74) is 0. The molecule has 1 heterocycles. The fraction of sp³-hybridized carbons (Fsp3) is 0.545. The molecule has 2 N–H and O–H groups in total. The van der Waals surface area contributed by atoms with Gasteiger partial charge in [0.2, 0.25) is 10.0 Å². The molecule has 0 aliphatic rings. The van der Waals surface area contributed by atoms with E-state index in [1.54, 1.807) is 20.8 Å². The lowest BCUT2D eigenvalue weighted by atomic mass is 10.1. The van der Waals surface area contributed by atoms with Crippen molar-refractivity contribution >= 4 is 16.0 Å². The molecule has 0 spiro atoms. The Hall–Kier alpha value is -1.34. The lowest BCUT2D eigenvalue weighted by Gasteiger charge is -2.17. The first-order chi connectivity index (χ1) is 8.15. The van der Waals surface area contributed by atoms with E-state index in [9.17, 15) is 13.2 Å². The Morgan fingerprint density at radius 2 is 1.94 bits per heavy atom. The second-order valence-corrected chi connectivity index (χ2v) is 6.14. The van der Waals surface area contributed by atoms with Crippen LogP contribution in [0.3, 0.4) is 0 Å². The minimum atomic E-state index is -3.88. The van der Waals surface area contributed by atoms with E-state index in [1.165, 1.54) is 13.0 Å². The van der Waals surface area contributed by atoms with Crippen LogP contribution in [0.4, 0.5) is 0 Å². The Morgan fingerprint density at radius 3 is 2.28 bits per heavy atom. The van der Waals surface area contributed by atoms with Crippen molar-refractivity contribution in [1.29, 1.82) is 0 Å². The molecule has 0 aliphatic carbocycles. The van der Waals surface area contributed by atoms with Crippen LogP contribution in [0.2, 0.25) is 0 Å². The van der Waals surface area contributed by atoms with Gasteiger partial charge in [-0.15, -0.1) is 0 Å². The van der Waals surface area contributed by atoms with Gasteiger partial charge in [0.15, 0.2) is 0 Å². The zero-order valence-corrected chi connectivity index (χ0v) is 11.5. The maximum absolute atomic E-state index is 12.1. The lowest BCUT2D eigenvalue weighted by Crippen LogP contribution is -2.44. The van der Waals surface area contributed by atoms with Crippen molar-refractivity contribution in [2.45, 2.75) is 38.6 Å². The predicted molar refractivity (Wildman–Crippen MR) is 64.8 cm³/mol. The van der Waals surface area contributed by atoms with Gasteiger partial charge < -0.3 is 9.52 Å². The van der Waals surface area contributed by atoms with Crippen LogP contribution < -0.4 is 4.72 Å². The average Bonchev–Trinajstić information content (AvgIpc) is 2.54. The normalized spacial score (nSPS) is 13.8. The molecule has 1 aromatic heterocycles. The Labute approximate surface area is 106 Å². The van der Waals surface area contributed by atoms with Gasteiger partial charge in [0.1, 0.15) is 22.5 Å². The number of carboxylic acids is 1. The summed E-state index contributed by atoms with van der Waals surface area (Å²) in [6.07, 6.45) is 0. The number of hydrogen-bond acceptors (Lipinski definition) is 4. The van der Waals surface area contributed by atoms with Gasteiger partial charge in [-0.05, 0) is 25.8 Å². The van der Waals surface area contributed by atoms with Gasteiger partial charge in [0, 0.05) is 0 Å². The van der Waals surface area contributed by atoms with Gasteiger partial charge >= 0.3 is 5.97 Å². The molecule has 0 aliphatic heterocycles. The molecule has 18 heavy (non-hydrogen) atoms. The largest absolute Gasteiger partial charge is 0.480 e. The number of carboxylic acid groups (broad SMARTS) is 1. The Balaban J connectivity index is 3.08. The fourth-order valence-electron chi connectivity index (χ4n) is 1.58. The van der Waals surface area contributed by atoms with Gasteiger partial charge in [-0.2, -0.15) is 4.72 Å². The minimum absolute atomic E-state index is 0.0214. The molecule has 0 fully saturated rings. The summed E-state index contributed by atoms with van der Waals surface area (Å²) in [6.45, 7) is 6.42. The Kier molecular flexibility index (Phi) is 4.18. The summed E-state index contributed by atoms with van der Waals surface area (Å²) in [5.74, 6) is -0.853. The van der Waals surface area contributed by atoms with E-state index in [1.807, 2.05) is 0 Å². The highest BCUT2D eigenvalue weighted by molar-refractivity contribution is 7.89. The van der Waals surface area contributed by atoms with Crippen molar-refractivity contribution in [3.05, 3.63) is 17.6 Å². The highest BCUT2D eigenvalue weighted by atomic mass is 32.2. The topological polar surface area (TPSA) is 96.6 Å². The van der Waals surface area contributed by atoms with Gasteiger partial charge in [0.25, 0.3) is 0 Å². The number of furan rings is 1. The fourth-order valence-corrected chi connectivity index (χ4v) is 3.15.